The summed E-state index contributed by atoms with van der Waals surface area (Å²) in [5.74, 6) is -6.71. The van der Waals surface area contributed by atoms with Crippen molar-refractivity contribution in [1.82, 2.24) is 21.3 Å². The van der Waals surface area contributed by atoms with E-state index in [1.807, 2.05) is 41.7 Å². The lowest BCUT2D eigenvalue weighted by atomic mass is 9.81. The summed E-state index contributed by atoms with van der Waals surface area (Å²) in [6.45, 7) is 9.24. The molecule has 2 aliphatic heterocycles. The number of fused-ring (bicyclic) bond motifs is 2. The van der Waals surface area contributed by atoms with E-state index >= 15 is 0 Å². The first-order valence-electron chi connectivity index (χ1n) is 33.4. The van der Waals surface area contributed by atoms with Gasteiger partial charge in [0.05, 0.1) is 28.9 Å². The molecule has 3 aliphatic rings. The van der Waals surface area contributed by atoms with Crippen LogP contribution >= 0.6 is 0 Å². The van der Waals surface area contributed by atoms with Crippen LogP contribution < -0.4 is 30.9 Å². The Labute approximate surface area is 584 Å². The largest absolute Gasteiger partial charge is 0.481 e. The zero-order chi connectivity index (χ0) is 73.0. The van der Waals surface area contributed by atoms with Crippen LogP contribution in [0.1, 0.15) is 146 Å². The van der Waals surface area contributed by atoms with Crippen LogP contribution in [-0.4, -0.2) is 150 Å². The van der Waals surface area contributed by atoms with Crippen LogP contribution in [-0.2, 0) is 82.8 Å². The molecule has 0 radical (unpaired) electrons. The topological polar surface area (TPSA) is 387 Å². The zero-order valence-electron chi connectivity index (χ0n) is 56.7. The maximum absolute atomic E-state index is 14.3. The maximum Gasteiger partial charge on any atom is 0.326 e. The van der Waals surface area contributed by atoms with Crippen LogP contribution in [0, 0.1) is 5.92 Å². The number of amides is 4. The molecule has 9 N–H and O–H groups in total. The van der Waals surface area contributed by atoms with Gasteiger partial charge >= 0.3 is 18.0 Å². The van der Waals surface area contributed by atoms with Gasteiger partial charge in [-0.3, -0.25) is 37.6 Å². The first-order valence-corrected chi connectivity index (χ1v) is 38.2. The number of carbonyl (C=O) groups excluding carboxylic acids is 5. The molecule has 28 heteroatoms. The second-order valence-electron chi connectivity index (χ2n) is 26.4. The van der Waals surface area contributed by atoms with Gasteiger partial charge in [-0.25, -0.2) is 9.59 Å². The van der Waals surface area contributed by atoms with Gasteiger partial charge in [-0.2, -0.15) is 29.8 Å². The fraction of sp³-hybridized carbons (Fsp3) is 0.444. The summed E-state index contributed by atoms with van der Waals surface area (Å²) in [7, 11) is -12.8. The summed E-state index contributed by atoms with van der Waals surface area (Å²) in [4.78, 5) is 91.7. The van der Waals surface area contributed by atoms with Crippen molar-refractivity contribution in [1.29, 1.82) is 0 Å². The Morgan fingerprint density at radius 2 is 1.25 bits per heavy atom. The van der Waals surface area contributed by atoms with Crippen molar-refractivity contribution in [3.8, 4) is 5.75 Å². The molecule has 100 heavy (non-hydrogen) atoms. The molecule has 4 aromatic carbocycles. The summed E-state index contributed by atoms with van der Waals surface area (Å²) in [6.07, 6.45) is 10.9. The summed E-state index contributed by atoms with van der Waals surface area (Å²) >= 11 is 0. The Balaban J connectivity index is 1.06. The smallest absolute Gasteiger partial charge is 0.326 e. The number of nitrogens with zero attached hydrogens (tertiary/aromatic N) is 2. The molecular weight excluding hydrogens is 1350 g/mol. The van der Waals surface area contributed by atoms with Gasteiger partial charge in [0.1, 0.15) is 35.8 Å². The molecule has 3 atom stereocenters. The quantitative estimate of drug-likeness (QED) is 0.0114. The molecule has 4 amide bonds. The van der Waals surface area contributed by atoms with E-state index < -0.39 is 107 Å². The molecule has 7 rings (SSSR count). The Kier molecular flexibility index (Phi) is 28.0. The Morgan fingerprint density at radius 3 is 1.92 bits per heavy atom. The minimum absolute atomic E-state index is 0.0263. The van der Waals surface area contributed by atoms with E-state index in [1.165, 1.54) is 0 Å². The average molecular weight is 1440 g/mol. The van der Waals surface area contributed by atoms with Gasteiger partial charge in [-0.05, 0) is 143 Å². The number of rotatable bonds is 39. The van der Waals surface area contributed by atoms with Crippen LogP contribution in [0.3, 0.4) is 0 Å². The minimum Gasteiger partial charge on any atom is -0.481 e. The summed E-state index contributed by atoms with van der Waals surface area (Å²) in [5.41, 5.74) is 8.29. The number of para-hydroxylation sites is 2. The number of aliphatic carboxylic acids is 2. The number of carboxylic acid groups (broad SMARTS) is 2. The van der Waals surface area contributed by atoms with Crippen molar-refractivity contribution in [2.75, 3.05) is 41.9 Å². The molecule has 0 fully saturated rings. The molecule has 1 aliphatic carbocycles. The number of benzene rings is 4. The van der Waals surface area contributed by atoms with Gasteiger partial charge in [0, 0.05) is 86.1 Å². The Morgan fingerprint density at radius 1 is 0.610 bits per heavy atom. The lowest BCUT2D eigenvalue weighted by Crippen LogP contribution is -2.46. The number of ketones is 2. The molecule has 0 saturated carbocycles. The van der Waals surface area contributed by atoms with Gasteiger partial charge < -0.3 is 41.1 Å². The van der Waals surface area contributed by atoms with Crippen molar-refractivity contribution in [2.45, 2.75) is 160 Å². The first-order chi connectivity index (χ1) is 47.2. The predicted octanol–water partition coefficient (Wildman–Crippen LogP) is 9.02. The van der Waals surface area contributed by atoms with Crippen LogP contribution in [0.15, 0.2) is 150 Å². The summed E-state index contributed by atoms with van der Waals surface area (Å²) < 4.78 is 105. The fourth-order valence-corrected chi connectivity index (χ4v) is 14.2. The fourth-order valence-electron chi connectivity index (χ4n) is 12.7. The van der Waals surface area contributed by atoms with E-state index in [2.05, 4.69) is 89.6 Å². The van der Waals surface area contributed by atoms with E-state index in [0.717, 1.165) is 51.5 Å². The number of allylic oxidation sites excluding steroid dienone is 7. The number of hydrogen-bond donors (Lipinski definition) is 9. The minimum atomic E-state index is -4.46. The van der Waals surface area contributed by atoms with Crippen molar-refractivity contribution >= 4 is 88.8 Å². The lowest BCUT2D eigenvalue weighted by molar-refractivity contribution is -0.438. The number of hydrogen-bond acceptors (Lipinski definition) is 15. The number of ether oxygens (including phenoxy) is 1. The molecule has 2 heterocycles. The van der Waals surface area contributed by atoms with Gasteiger partial charge in [-0.15, -0.1) is 0 Å². The third kappa shape index (κ3) is 23.7. The normalized spacial score (nSPS) is 16.8. The number of nitrogens with one attached hydrogen (secondary N) is 4. The molecule has 0 spiro atoms. The highest BCUT2D eigenvalue weighted by molar-refractivity contribution is 7.86. The average Bonchev–Trinajstić information content (AvgIpc) is 1.60. The van der Waals surface area contributed by atoms with E-state index in [-0.39, 0.29) is 94.5 Å². The van der Waals surface area contributed by atoms with E-state index in [9.17, 15) is 78.1 Å². The number of urea groups is 1. The van der Waals surface area contributed by atoms with E-state index in [1.54, 1.807) is 54.6 Å². The van der Waals surface area contributed by atoms with E-state index in [4.69, 9.17) is 9.29 Å². The lowest BCUT2D eigenvalue weighted by Gasteiger charge is -2.27. The van der Waals surface area contributed by atoms with Crippen molar-refractivity contribution in [3.05, 3.63) is 172 Å². The SMILES string of the molecule is CC1(C)C(=CC=C2CCCC(C=CC3=[N+](CCCCS(=O)(=O)O)c4ccccc4C3(C)C)=C2Oc2ccc(C[C@H](CC(=O)[C@H](Cc3ccccc3)NC(=O)CCCCC(=O)CC[C@H](NC(=O)NCCC(=O)NCS(=O)(=O)O)C(=O)O)C(=O)O)cc2)N(CCCCS(=O)(=O)O)c2ccccc21. The van der Waals surface area contributed by atoms with Crippen LogP contribution in [0.25, 0.3) is 0 Å². The number of carbonyl (C=O) groups is 7. The third-order valence-electron chi connectivity index (χ3n) is 18.0. The molecular formula is C72H91N6O19S3+. The molecule has 540 valence electrons. The number of unbranched alkanes of at least 4 members (excludes halogenated alkanes) is 3. The third-order valence-corrected chi connectivity index (χ3v) is 20.1. The van der Waals surface area contributed by atoms with Gasteiger partial charge in [0.15, 0.2) is 11.5 Å². The zero-order valence-corrected chi connectivity index (χ0v) is 59.1. The van der Waals surface area contributed by atoms with Crippen LogP contribution in [0.5, 0.6) is 5.75 Å². The summed E-state index contributed by atoms with van der Waals surface area (Å²) in [6, 6.07) is 28.5. The Hall–Kier alpha value is -8.67. The second-order valence-corrected chi connectivity index (χ2v) is 31.0. The maximum atomic E-state index is 14.3. The highest BCUT2D eigenvalue weighted by atomic mass is 32.2. The van der Waals surface area contributed by atoms with Gasteiger partial charge in [-0.1, -0.05) is 98.8 Å². The van der Waals surface area contributed by atoms with Crippen molar-refractivity contribution < 1.29 is 92.0 Å². The van der Waals surface area contributed by atoms with Gasteiger partial charge in [0.25, 0.3) is 30.4 Å². The second kappa shape index (κ2) is 35.6. The van der Waals surface area contributed by atoms with E-state index in [0.29, 0.717) is 61.4 Å². The number of carboxylic acids is 2. The Bertz CT molecular complexity index is 4160. The predicted molar refractivity (Wildman–Crippen MR) is 377 cm³/mol. The molecule has 0 bridgehead atoms. The standard InChI is InChI=1S/C72H90N6O19S3/c1-71(2)56-24-9-11-26-60(56)77(41-14-16-43-98(88,89)90)63(71)37-31-51-21-18-22-52(32-38-64-72(3,4)57-25-10-12-27-61(57)78(64)42-15-17-44-99(91,92)93)67(51)97-55-34-29-50(30-35-55)45-53(68(83)84)47-62(80)59(46-49-19-6-5-7-20-49)75-66(82)28-13-8-23-54(79)33-36-58(69(85)86)76-70(87)73-40-39-65(81)74-48-100(94,95)96/h5-7,9-12,19-20,24-27,29-32,34-35,37-38,53,58-59H,8,13-18,21-23,28,33,36,39-48H2,1-4H3,(H8-,73,74,75,76,81,82,83,84,85,86,87,88,89,90,91,92,93,94,95,96)/p+1/t53-,58+,59+/m1/s1. The van der Waals surface area contributed by atoms with Crippen LogP contribution in [0.4, 0.5) is 16.2 Å². The summed E-state index contributed by atoms with van der Waals surface area (Å²) in [5, 5.41) is 29.4. The molecule has 0 unspecified atom stereocenters. The molecule has 4 aromatic rings. The van der Waals surface area contributed by atoms with Crippen molar-refractivity contribution in [2.24, 2.45) is 5.92 Å². The van der Waals surface area contributed by atoms with Crippen molar-refractivity contribution in [3.63, 3.8) is 0 Å². The molecule has 25 nitrogen and oxygen atoms in total. The number of Topliss-reactive ketones (excluding diaryl/α,β-unsaturated/α-hetero) is 2. The highest BCUT2D eigenvalue weighted by Crippen LogP contribution is 2.48. The monoisotopic (exact) mass is 1440 g/mol. The molecule has 0 saturated heterocycles. The highest BCUT2D eigenvalue weighted by Gasteiger charge is 2.44. The number of anilines is 1. The molecule has 0 aromatic heterocycles. The van der Waals surface area contributed by atoms with Crippen LogP contribution in [0.2, 0.25) is 0 Å². The first kappa shape index (κ1) is 78.7. The van der Waals surface area contributed by atoms with Gasteiger partial charge in [0.2, 0.25) is 17.5 Å².